The number of thioether (sulfide) groups is 1. The number of rotatable bonds is 7. The summed E-state index contributed by atoms with van der Waals surface area (Å²) in [7, 11) is 1.56. The highest BCUT2D eigenvalue weighted by molar-refractivity contribution is 9.13. The maximum Gasteiger partial charge on any atom is 0.293 e. The Labute approximate surface area is 219 Å². The zero-order chi connectivity index (χ0) is 24.2. The third-order valence-corrected chi connectivity index (χ3v) is 8.40. The summed E-state index contributed by atoms with van der Waals surface area (Å²) in [6.07, 6.45) is 1.70. The molecular weight excluding hydrogens is 582 g/mol. The summed E-state index contributed by atoms with van der Waals surface area (Å²) in [5.41, 5.74) is 3.70. The van der Waals surface area contributed by atoms with E-state index in [0.29, 0.717) is 37.5 Å². The predicted molar refractivity (Wildman–Crippen MR) is 142 cm³/mol. The van der Waals surface area contributed by atoms with Crippen LogP contribution in [0.1, 0.15) is 22.3 Å². The number of methoxy groups -OCH3 is 1. The van der Waals surface area contributed by atoms with Gasteiger partial charge in [-0.15, -0.1) is 0 Å². The van der Waals surface area contributed by atoms with E-state index in [9.17, 15) is 9.59 Å². The van der Waals surface area contributed by atoms with Crippen LogP contribution in [0.2, 0.25) is 0 Å². The standard InChI is InChI=1S/C26H21Br2NO4S/c1-16-8-6-7-11-18(16)14-29-25(30)21(34-26(29)31)13-19-12-20(32-2)24(23(28)22(19)27)33-15-17-9-4-3-5-10-17/h3-13H,14-15H2,1-2H3/b21-13-. The van der Waals surface area contributed by atoms with Crippen LogP contribution in [-0.2, 0) is 17.9 Å². The highest BCUT2D eigenvalue weighted by Gasteiger charge is 2.35. The van der Waals surface area contributed by atoms with Crippen molar-refractivity contribution in [3.63, 3.8) is 0 Å². The molecule has 0 aromatic heterocycles. The average molecular weight is 603 g/mol. The van der Waals surface area contributed by atoms with E-state index in [4.69, 9.17) is 9.47 Å². The maximum atomic E-state index is 13.0. The summed E-state index contributed by atoms with van der Waals surface area (Å²) in [5.74, 6) is 0.740. The smallest absolute Gasteiger partial charge is 0.293 e. The van der Waals surface area contributed by atoms with Gasteiger partial charge in [-0.2, -0.15) is 0 Å². The summed E-state index contributed by atoms with van der Waals surface area (Å²) < 4.78 is 12.9. The second kappa shape index (κ2) is 10.8. The van der Waals surface area contributed by atoms with Gasteiger partial charge in [0.15, 0.2) is 11.5 Å². The molecule has 8 heteroatoms. The summed E-state index contributed by atoms with van der Waals surface area (Å²) in [6.45, 7) is 2.58. The van der Waals surface area contributed by atoms with Crippen LogP contribution >= 0.6 is 43.6 Å². The second-order valence-electron chi connectivity index (χ2n) is 7.59. The number of carbonyl (C=O) groups excluding carboxylic acids is 2. The molecule has 0 atom stereocenters. The molecule has 3 aromatic rings. The molecule has 0 spiro atoms. The Morgan fingerprint density at radius 2 is 1.71 bits per heavy atom. The minimum atomic E-state index is -0.315. The molecule has 34 heavy (non-hydrogen) atoms. The lowest BCUT2D eigenvalue weighted by molar-refractivity contribution is -0.123. The molecule has 1 fully saturated rings. The van der Waals surface area contributed by atoms with Crippen molar-refractivity contribution in [2.75, 3.05) is 7.11 Å². The maximum absolute atomic E-state index is 13.0. The molecule has 3 aromatic carbocycles. The Hall–Kier alpha value is -2.55. The minimum Gasteiger partial charge on any atom is -0.493 e. The van der Waals surface area contributed by atoms with Crippen LogP contribution in [0.15, 0.2) is 74.5 Å². The van der Waals surface area contributed by atoms with Gasteiger partial charge < -0.3 is 9.47 Å². The number of aryl methyl sites for hydroxylation is 1. The fraction of sp³-hybridized carbons (Fsp3) is 0.154. The molecule has 0 bridgehead atoms. The number of nitrogens with zero attached hydrogens (tertiary/aromatic N) is 1. The SMILES string of the molecule is COc1cc(/C=C2\SC(=O)N(Cc3ccccc3C)C2=O)c(Br)c(Br)c1OCc1ccccc1. The predicted octanol–water partition coefficient (Wildman–Crippen LogP) is 7.34. The van der Waals surface area contributed by atoms with E-state index in [1.54, 1.807) is 19.3 Å². The van der Waals surface area contributed by atoms with Crippen molar-refractivity contribution in [2.24, 2.45) is 0 Å². The molecule has 0 saturated carbocycles. The molecule has 5 nitrogen and oxygen atoms in total. The van der Waals surface area contributed by atoms with Gasteiger partial charge in [-0.25, -0.2) is 0 Å². The van der Waals surface area contributed by atoms with Crippen LogP contribution in [0.25, 0.3) is 6.08 Å². The largest absolute Gasteiger partial charge is 0.493 e. The first-order valence-corrected chi connectivity index (χ1v) is 12.8. The van der Waals surface area contributed by atoms with Gasteiger partial charge in [0.25, 0.3) is 11.1 Å². The molecule has 2 amide bonds. The number of ether oxygens (including phenoxy) is 2. The van der Waals surface area contributed by atoms with Crippen molar-refractivity contribution in [1.82, 2.24) is 4.90 Å². The first-order chi connectivity index (χ1) is 16.4. The van der Waals surface area contributed by atoms with Crippen LogP contribution in [-0.4, -0.2) is 23.2 Å². The molecule has 0 N–H and O–H groups in total. The fourth-order valence-electron chi connectivity index (χ4n) is 3.46. The van der Waals surface area contributed by atoms with Crippen LogP contribution in [0.5, 0.6) is 11.5 Å². The van der Waals surface area contributed by atoms with Gasteiger partial charge in [-0.1, -0.05) is 54.6 Å². The molecule has 0 unspecified atom stereocenters. The first-order valence-electron chi connectivity index (χ1n) is 10.4. The molecule has 1 aliphatic heterocycles. The third-order valence-electron chi connectivity index (χ3n) is 5.35. The van der Waals surface area contributed by atoms with Crippen LogP contribution in [0, 0.1) is 6.92 Å². The topological polar surface area (TPSA) is 55.8 Å². The fourth-order valence-corrected chi connectivity index (χ4v) is 5.24. The van der Waals surface area contributed by atoms with E-state index >= 15 is 0 Å². The number of hydrogen-bond acceptors (Lipinski definition) is 5. The van der Waals surface area contributed by atoms with Crippen LogP contribution in [0.4, 0.5) is 4.79 Å². The lowest BCUT2D eigenvalue weighted by Gasteiger charge is -2.16. The average Bonchev–Trinajstić information content (AvgIpc) is 3.10. The van der Waals surface area contributed by atoms with Crippen molar-refractivity contribution in [3.8, 4) is 11.5 Å². The number of amides is 2. The molecule has 1 heterocycles. The summed E-state index contributed by atoms with van der Waals surface area (Å²) in [6, 6.07) is 19.3. The second-order valence-corrected chi connectivity index (χ2v) is 10.2. The quantitative estimate of drug-likeness (QED) is 0.265. The van der Waals surface area contributed by atoms with Crippen molar-refractivity contribution in [2.45, 2.75) is 20.1 Å². The number of hydrogen-bond donors (Lipinski definition) is 0. The summed E-state index contributed by atoms with van der Waals surface area (Å²) in [4.78, 5) is 27.3. The first kappa shape index (κ1) is 24.6. The van der Waals surface area contributed by atoms with E-state index in [1.165, 1.54) is 4.90 Å². The van der Waals surface area contributed by atoms with Crippen LogP contribution < -0.4 is 9.47 Å². The van der Waals surface area contributed by atoms with Crippen LogP contribution in [0.3, 0.4) is 0 Å². The van der Waals surface area contributed by atoms with Crippen molar-refractivity contribution in [3.05, 3.63) is 96.8 Å². The third kappa shape index (κ3) is 5.24. The molecule has 174 valence electrons. The van der Waals surface area contributed by atoms with Gasteiger partial charge in [0.05, 0.1) is 23.0 Å². The highest BCUT2D eigenvalue weighted by atomic mass is 79.9. The number of imide groups is 1. The Bertz CT molecular complexity index is 1280. The molecule has 0 radical (unpaired) electrons. The zero-order valence-electron chi connectivity index (χ0n) is 18.5. The number of halogens is 2. The lowest BCUT2D eigenvalue weighted by Crippen LogP contribution is -2.27. The van der Waals surface area contributed by atoms with Crippen molar-refractivity contribution in [1.29, 1.82) is 0 Å². The lowest BCUT2D eigenvalue weighted by atomic mass is 10.1. The molecule has 1 aliphatic rings. The molecular formula is C26H21Br2NO4S. The normalized spacial score (nSPS) is 14.7. The minimum absolute atomic E-state index is 0.245. The monoisotopic (exact) mass is 601 g/mol. The Morgan fingerprint density at radius 3 is 2.41 bits per heavy atom. The Balaban J connectivity index is 1.60. The Kier molecular flexibility index (Phi) is 7.80. The van der Waals surface area contributed by atoms with E-state index in [1.807, 2.05) is 61.5 Å². The van der Waals surface area contributed by atoms with E-state index in [0.717, 1.165) is 28.5 Å². The highest BCUT2D eigenvalue weighted by Crippen LogP contribution is 2.45. The number of carbonyl (C=O) groups is 2. The van der Waals surface area contributed by atoms with E-state index < -0.39 is 0 Å². The van der Waals surface area contributed by atoms with Crippen molar-refractivity contribution < 1.29 is 19.1 Å². The van der Waals surface area contributed by atoms with E-state index in [2.05, 4.69) is 31.9 Å². The summed E-state index contributed by atoms with van der Waals surface area (Å²) in [5, 5.41) is -0.288. The van der Waals surface area contributed by atoms with Gasteiger partial charge in [-0.3, -0.25) is 14.5 Å². The number of benzene rings is 3. The molecule has 0 aliphatic carbocycles. The van der Waals surface area contributed by atoms with Gasteiger partial charge in [-0.05, 0) is 84.9 Å². The van der Waals surface area contributed by atoms with Gasteiger partial charge >= 0.3 is 0 Å². The van der Waals surface area contributed by atoms with Crippen molar-refractivity contribution >= 4 is 60.8 Å². The summed E-state index contributed by atoms with van der Waals surface area (Å²) >= 11 is 8.11. The van der Waals surface area contributed by atoms with Gasteiger partial charge in [0.2, 0.25) is 0 Å². The van der Waals surface area contributed by atoms with Gasteiger partial charge in [0.1, 0.15) is 6.61 Å². The van der Waals surface area contributed by atoms with Gasteiger partial charge in [0, 0.05) is 4.47 Å². The van der Waals surface area contributed by atoms with E-state index in [-0.39, 0.29) is 17.7 Å². The Morgan fingerprint density at radius 1 is 1.00 bits per heavy atom. The molecule has 1 saturated heterocycles. The molecule has 4 rings (SSSR count). The zero-order valence-corrected chi connectivity index (χ0v) is 22.5.